The molecule has 6 nitrogen and oxygen atoms in total. The van der Waals surface area contributed by atoms with E-state index in [1.54, 1.807) is 18.3 Å². The van der Waals surface area contributed by atoms with Crippen molar-refractivity contribution in [1.82, 2.24) is 19.9 Å². The molecule has 1 N–H and O–H groups in total. The maximum absolute atomic E-state index is 14.1. The lowest BCUT2D eigenvalue weighted by atomic mass is 10.2. The van der Waals surface area contributed by atoms with Crippen LogP contribution in [0, 0.1) is 25.5 Å². The molecule has 1 aromatic carbocycles. The van der Waals surface area contributed by atoms with Crippen LogP contribution in [0.2, 0.25) is 0 Å². The number of imidazole rings is 1. The number of benzene rings is 1. The van der Waals surface area contributed by atoms with Crippen LogP contribution in [-0.4, -0.2) is 20.4 Å². The number of ether oxygens (including phenoxy) is 1. The lowest BCUT2D eigenvalue weighted by molar-refractivity contribution is -0.121. The van der Waals surface area contributed by atoms with Crippen LogP contribution in [0.5, 0.6) is 11.6 Å². The van der Waals surface area contributed by atoms with Gasteiger partial charge in [0.15, 0.2) is 11.6 Å². The minimum Gasteiger partial charge on any atom is -0.435 e. The van der Waals surface area contributed by atoms with Gasteiger partial charge in [0.05, 0.1) is 0 Å². The number of amides is 1. The Balaban J connectivity index is 1.63. The first kappa shape index (κ1) is 19.5. The molecule has 3 aromatic rings. The number of carbonyl (C=O) groups excluding carboxylic acids is 1. The Bertz CT molecular complexity index is 988. The van der Waals surface area contributed by atoms with Crippen molar-refractivity contribution in [2.45, 2.75) is 33.4 Å². The number of hydrogen-bond acceptors (Lipinski definition) is 4. The van der Waals surface area contributed by atoms with Gasteiger partial charge in [-0.05, 0) is 31.5 Å². The van der Waals surface area contributed by atoms with E-state index >= 15 is 0 Å². The highest BCUT2D eigenvalue weighted by molar-refractivity contribution is 5.75. The largest absolute Gasteiger partial charge is 0.435 e. The van der Waals surface area contributed by atoms with Crippen molar-refractivity contribution in [1.29, 1.82) is 0 Å². The summed E-state index contributed by atoms with van der Waals surface area (Å²) >= 11 is 0. The number of rotatable bonds is 7. The first-order valence-corrected chi connectivity index (χ1v) is 8.76. The monoisotopic (exact) mass is 386 g/mol. The first-order chi connectivity index (χ1) is 13.5. The molecule has 0 atom stereocenters. The van der Waals surface area contributed by atoms with Crippen molar-refractivity contribution in [3.63, 3.8) is 0 Å². The van der Waals surface area contributed by atoms with Gasteiger partial charge in [-0.2, -0.15) is 4.39 Å². The van der Waals surface area contributed by atoms with Crippen molar-refractivity contribution in [3.8, 4) is 11.6 Å². The standard InChI is InChI=1S/C20H20F2N4O2/c1-13-5-6-16(19(22)18(13)21)28-20-15(4-3-8-24-20)12-25-17(27)7-10-26-11-9-23-14(26)2/h3-6,8-9,11H,7,10,12H2,1-2H3,(H,25,27). The minimum absolute atomic E-state index is 0.107. The maximum atomic E-state index is 14.1. The fourth-order valence-corrected chi connectivity index (χ4v) is 2.61. The van der Waals surface area contributed by atoms with Crippen LogP contribution in [0.4, 0.5) is 8.78 Å². The number of nitrogens with one attached hydrogen (secondary N) is 1. The zero-order valence-corrected chi connectivity index (χ0v) is 15.6. The Hall–Kier alpha value is -3.29. The van der Waals surface area contributed by atoms with Crippen molar-refractivity contribution in [2.24, 2.45) is 0 Å². The van der Waals surface area contributed by atoms with E-state index in [1.165, 1.54) is 25.3 Å². The van der Waals surface area contributed by atoms with Crippen molar-refractivity contribution < 1.29 is 18.3 Å². The van der Waals surface area contributed by atoms with E-state index in [1.807, 2.05) is 17.7 Å². The molecule has 146 valence electrons. The zero-order chi connectivity index (χ0) is 20.1. The fraction of sp³-hybridized carbons (Fsp3) is 0.250. The van der Waals surface area contributed by atoms with E-state index < -0.39 is 11.6 Å². The van der Waals surface area contributed by atoms with E-state index in [9.17, 15) is 13.6 Å². The quantitative estimate of drug-likeness (QED) is 0.673. The van der Waals surface area contributed by atoms with Crippen LogP contribution in [0.1, 0.15) is 23.4 Å². The predicted molar refractivity (Wildman–Crippen MR) is 98.8 cm³/mol. The molecule has 0 saturated carbocycles. The van der Waals surface area contributed by atoms with E-state index in [0.29, 0.717) is 12.1 Å². The van der Waals surface area contributed by atoms with Gasteiger partial charge in [-0.25, -0.2) is 14.4 Å². The summed E-state index contributed by atoms with van der Waals surface area (Å²) in [5.74, 6) is -1.51. The molecule has 0 spiro atoms. The molecule has 0 unspecified atom stereocenters. The smallest absolute Gasteiger partial charge is 0.224 e. The van der Waals surface area contributed by atoms with Crippen LogP contribution in [0.25, 0.3) is 0 Å². The number of carbonyl (C=O) groups is 1. The van der Waals surface area contributed by atoms with Crippen LogP contribution < -0.4 is 10.1 Å². The summed E-state index contributed by atoms with van der Waals surface area (Å²) in [5, 5.41) is 2.78. The molecule has 0 bridgehead atoms. The van der Waals surface area contributed by atoms with Gasteiger partial charge in [-0.1, -0.05) is 12.1 Å². The normalized spacial score (nSPS) is 10.7. The number of aromatic nitrogens is 3. The molecule has 0 aliphatic rings. The van der Waals surface area contributed by atoms with Gasteiger partial charge < -0.3 is 14.6 Å². The molecule has 0 fully saturated rings. The third-order valence-electron chi connectivity index (χ3n) is 4.28. The molecule has 28 heavy (non-hydrogen) atoms. The Labute approximate surface area is 161 Å². The fourth-order valence-electron chi connectivity index (χ4n) is 2.61. The Morgan fingerprint density at radius 2 is 1.96 bits per heavy atom. The van der Waals surface area contributed by atoms with Crippen LogP contribution >= 0.6 is 0 Å². The number of aryl methyl sites for hydroxylation is 3. The second-order valence-corrected chi connectivity index (χ2v) is 6.27. The summed E-state index contributed by atoms with van der Waals surface area (Å²) in [5.41, 5.74) is 0.738. The number of nitrogens with zero attached hydrogens (tertiary/aromatic N) is 3. The minimum atomic E-state index is -1.07. The zero-order valence-electron chi connectivity index (χ0n) is 15.6. The lowest BCUT2D eigenvalue weighted by Crippen LogP contribution is -2.24. The molecular weight excluding hydrogens is 366 g/mol. The topological polar surface area (TPSA) is 69.0 Å². The molecule has 0 radical (unpaired) electrons. The van der Waals surface area contributed by atoms with Gasteiger partial charge in [-0.15, -0.1) is 0 Å². The van der Waals surface area contributed by atoms with Gasteiger partial charge in [0, 0.05) is 43.7 Å². The van der Waals surface area contributed by atoms with Gasteiger partial charge in [-0.3, -0.25) is 4.79 Å². The average molecular weight is 386 g/mol. The van der Waals surface area contributed by atoms with E-state index in [2.05, 4.69) is 15.3 Å². The summed E-state index contributed by atoms with van der Waals surface area (Å²) < 4.78 is 35.1. The van der Waals surface area contributed by atoms with Crippen LogP contribution in [-0.2, 0) is 17.9 Å². The molecule has 0 aliphatic heterocycles. The molecule has 2 aromatic heterocycles. The van der Waals surface area contributed by atoms with Crippen LogP contribution in [0.3, 0.4) is 0 Å². The molecular formula is C20H20F2N4O2. The second-order valence-electron chi connectivity index (χ2n) is 6.27. The van der Waals surface area contributed by atoms with Gasteiger partial charge in [0.2, 0.25) is 17.6 Å². The Kier molecular flexibility index (Phi) is 5.98. The highest BCUT2D eigenvalue weighted by atomic mass is 19.2. The van der Waals surface area contributed by atoms with Gasteiger partial charge in [0.1, 0.15) is 5.82 Å². The average Bonchev–Trinajstić information content (AvgIpc) is 3.11. The maximum Gasteiger partial charge on any atom is 0.224 e. The molecule has 3 rings (SSSR count). The van der Waals surface area contributed by atoms with Crippen LogP contribution in [0.15, 0.2) is 42.9 Å². The third kappa shape index (κ3) is 4.51. The SMILES string of the molecule is Cc1ccc(Oc2ncccc2CNC(=O)CCn2ccnc2C)c(F)c1F. The molecule has 8 heteroatoms. The summed E-state index contributed by atoms with van der Waals surface area (Å²) in [6.07, 6.45) is 5.25. The first-order valence-electron chi connectivity index (χ1n) is 8.76. The summed E-state index contributed by atoms with van der Waals surface area (Å²) in [7, 11) is 0. The highest BCUT2D eigenvalue weighted by Crippen LogP contribution is 2.28. The molecule has 0 aliphatic carbocycles. The van der Waals surface area contributed by atoms with Crippen molar-refractivity contribution in [3.05, 3.63) is 71.4 Å². The summed E-state index contributed by atoms with van der Waals surface area (Å²) in [4.78, 5) is 20.3. The Morgan fingerprint density at radius 3 is 2.71 bits per heavy atom. The summed E-state index contributed by atoms with van der Waals surface area (Å²) in [6.45, 7) is 4.00. The predicted octanol–water partition coefficient (Wildman–Crippen LogP) is 3.67. The van der Waals surface area contributed by atoms with E-state index in [0.717, 1.165) is 5.82 Å². The van der Waals surface area contributed by atoms with Gasteiger partial charge in [0.25, 0.3) is 0 Å². The summed E-state index contributed by atoms with van der Waals surface area (Å²) in [6, 6.07) is 6.15. The van der Waals surface area contributed by atoms with Gasteiger partial charge >= 0.3 is 0 Å². The highest BCUT2D eigenvalue weighted by Gasteiger charge is 2.15. The third-order valence-corrected chi connectivity index (χ3v) is 4.28. The lowest BCUT2D eigenvalue weighted by Gasteiger charge is -2.12. The second kappa shape index (κ2) is 8.60. The van der Waals surface area contributed by atoms with Crippen molar-refractivity contribution in [2.75, 3.05) is 0 Å². The number of hydrogen-bond donors (Lipinski definition) is 1. The molecule has 0 saturated heterocycles. The number of pyridine rings is 1. The van der Waals surface area contributed by atoms with E-state index in [4.69, 9.17) is 4.74 Å². The molecule has 1 amide bonds. The number of halogens is 2. The molecule has 2 heterocycles. The van der Waals surface area contributed by atoms with Crippen molar-refractivity contribution >= 4 is 5.91 Å². The Morgan fingerprint density at radius 1 is 1.14 bits per heavy atom. The van der Waals surface area contributed by atoms with E-state index in [-0.39, 0.29) is 36.1 Å².